The van der Waals surface area contributed by atoms with Crippen LogP contribution in [0.1, 0.15) is 53.8 Å². The number of fused-ring (bicyclic) bond motifs is 1. The highest BCUT2D eigenvalue weighted by atomic mass is 35.5. The molecule has 24 heavy (non-hydrogen) atoms. The van der Waals surface area contributed by atoms with E-state index < -0.39 is 0 Å². The molecule has 0 spiro atoms. The second-order valence-corrected chi connectivity index (χ2v) is 6.57. The predicted octanol–water partition coefficient (Wildman–Crippen LogP) is 4.19. The van der Waals surface area contributed by atoms with Crippen molar-refractivity contribution in [1.82, 2.24) is 10.2 Å². The van der Waals surface area contributed by atoms with E-state index in [0.717, 1.165) is 48.8 Å². The average Bonchev–Trinajstić information content (AvgIpc) is 3.19. The third-order valence-corrected chi connectivity index (χ3v) is 4.88. The van der Waals surface area contributed by atoms with Gasteiger partial charge in [-0.05, 0) is 61.3 Å². The Morgan fingerprint density at radius 3 is 2.83 bits per heavy atom. The van der Waals surface area contributed by atoms with Gasteiger partial charge in [-0.3, -0.25) is 9.69 Å². The van der Waals surface area contributed by atoms with E-state index in [-0.39, 0.29) is 11.9 Å². The topological polar surface area (TPSA) is 45.5 Å². The van der Waals surface area contributed by atoms with Gasteiger partial charge in [0, 0.05) is 5.02 Å². The van der Waals surface area contributed by atoms with Gasteiger partial charge in [0.1, 0.15) is 5.76 Å². The number of nitrogens with one attached hydrogen (secondary N) is 1. The number of furan rings is 1. The molecule has 0 aliphatic heterocycles. The first-order valence-electron chi connectivity index (χ1n) is 8.51. The second kappa shape index (κ2) is 7.41. The van der Waals surface area contributed by atoms with Crippen molar-refractivity contribution in [2.45, 2.75) is 39.3 Å². The van der Waals surface area contributed by atoms with Crippen LogP contribution in [0.5, 0.6) is 0 Å². The number of carbonyl (C=O) groups is 1. The van der Waals surface area contributed by atoms with Crippen molar-refractivity contribution in [3.05, 3.63) is 58.0 Å². The fourth-order valence-corrected chi connectivity index (χ4v) is 3.41. The second-order valence-electron chi connectivity index (χ2n) is 6.14. The van der Waals surface area contributed by atoms with Crippen LogP contribution < -0.4 is 5.32 Å². The van der Waals surface area contributed by atoms with Crippen molar-refractivity contribution >= 4 is 17.5 Å². The van der Waals surface area contributed by atoms with Crippen LogP contribution in [0.25, 0.3) is 0 Å². The average molecular weight is 347 g/mol. The summed E-state index contributed by atoms with van der Waals surface area (Å²) in [4.78, 5) is 14.7. The Hall–Kier alpha value is -1.78. The van der Waals surface area contributed by atoms with E-state index >= 15 is 0 Å². The zero-order valence-corrected chi connectivity index (χ0v) is 14.9. The van der Waals surface area contributed by atoms with Gasteiger partial charge >= 0.3 is 0 Å². The third kappa shape index (κ3) is 3.65. The van der Waals surface area contributed by atoms with Crippen LogP contribution in [0.15, 0.2) is 34.7 Å². The lowest BCUT2D eigenvalue weighted by atomic mass is 10.1. The Balaban J connectivity index is 1.65. The summed E-state index contributed by atoms with van der Waals surface area (Å²) in [5, 5.41) is 3.82. The van der Waals surface area contributed by atoms with Crippen LogP contribution in [0.4, 0.5) is 0 Å². The van der Waals surface area contributed by atoms with Gasteiger partial charge in [0.25, 0.3) is 5.91 Å². The van der Waals surface area contributed by atoms with Gasteiger partial charge < -0.3 is 9.73 Å². The first kappa shape index (κ1) is 17.1. The monoisotopic (exact) mass is 346 g/mol. The molecule has 4 nitrogen and oxygen atoms in total. The molecule has 3 rings (SSSR count). The molecular formula is C19H23ClN2O2. The van der Waals surface area contributed by atoms with Gasteiger partial charge in [-0.15, -0.1) is 0 Å². The number of carbonyl (C=O) groups excluding carboxylic acids is 1. The first-order chi connectivity index (χ1) is 11.6. The van der Waals surface area contributed by atoms with Crippen LogP contribution in [0.2, 0.25) is 5.02 Å². The molecule has 0 radical (unpaired) electrons. The van der Waals surface area contributed by atoms with Crippen molar-refractivity contribution in [2.24, 2.45) is 0 Å². The van der Waals surface area contributed by atoms with Crippen molar-refractivity contribution < 1.29 is 9.21 Å². The van der Waals surface area contributed by atoms with E-state index in [1.54, 1.807) is 6.07 Å². The molecule has 1 atom stereocenters. The van der Waals surface area contributed by atoms with Crippen LogP contribution in [0.3, 0.4) is 0 Å². The van der Waals surface area contributed by atoms with Crippen molar-refractivity contribution in [3.63, 3.8) is 0 Å². The number of nitrogens with zero attached hydrogens (tertiary/aromatic N) is 1. The number of rotatable bonds is 6. The summed E-state index contributed by atoms with van der Waals surface area (Å²) in [5.74, 6) is 1.04. The molecule has 1 heterocycles. The number of hydrogen-bond acceptors (Lipinski definition) is 3. The highest BCUT2D eigenvalue weighted by Gasteiger charge is 2.25. The minimum atomic E-state index is -0.159. The summed E-state index contributed by atoms with van der Waals surface area (Å²) in [5.41, 5.74) is 2.37. The number of amides is 1. The zero-order valence-electron chi connectivity index (χ0n) is 14.1. The summed E-state index contributed by atoms with van der Waals surface area (Å²) in [6.07, 6.45) is 1.83. The lowest BCUT2D eigenvalue weighted by Crippen LogP contribution is -2.26. The molecule has 0 unspecified atom stereocenters. The molecule has 0 fully saturated rings. The molecule has 5 heteroatoms. The summed E-state index contributed by atoms with van der Waals surface area (Å²) >= 11 is 6.03. The fourth-order valence-electron chi connectivity index (χ4n) is 3.22. The molecular weight excluding hydrogens is 324 g/mol. The minimum absolute atomic E-state index is 0.0288. The molecule has 128 valence electrons. The smallest absolute Gasteiger partial charge is 0.287 e. The van der Waals surface area contributed by atoms with Gasteiger partial charge in [-0.1, -0.05) is 31.5 Å². The molecule has 0 saturated heterocycles. The molecule has 1 amide bonds. The quantitative estimate of drug-likeness (QED) is 0.853. The van der Waals surface area contributed by atoms with Gasteiger partial charge in [-0.2, -0.15) is 0 Å². The van der Waals surface area contributed by atoms with Crippen molar-refractivity contribution in [1.29, 1.82) is 0 Å². The Kier molecular flexibility index (Phi) is 5.27. The van der Waals surface area contributed by atoms with E-state index in [4.69, 9.17) is 16.0 Å². The maximum absolute atomic E-state index is 12.5. The highest BCUT2D eigenvalue weighted by molar-refractivity contribution is 6.30. The van der Waals surface area contributed by atoms with Gasteiger partial charge in [0.05, 0.1) is 12.6 Å². The first-order valence-corrected chi connectivity index (χ1v) is 8.88. The molecule has 0 saturated carbocycles. The van der Waals surface area contributed by atoms with Gasteiger partial charge in [0.2, 0.25) is 0 Å². The Labute approximate surface area is 147 Å². The van der Waals surface area contributed by atoms with E-state index in [1.807, 2.05) is 24.3 Å². The summed E-state index contributed by atoms with van der Waals surface area (Å²) in [6.45, 7) is 6.87. The van der Waals surface area contributed by atoms with E-state index in [2.05, 4.69) is 24.1 Å². The lowest BCUT2D eigenvalue weighted by molar-refractivity contribution is 0.0905. The van der Waals surface area contributed by atoms with Gasteiger partial charge in [-0.25, -0.2) is 0 Å². The molecule has 0 bridgehead atoms. The van der Waals surface area contributed by atoms with Crippen LogP contribution in [-0.4, -0.2) is 23.9 Å². The number of benzene rings is 1. The minimum Gasteiger partial charge on any atom is -0.455 e. The van der Waals surface area contributed by atoms with E-state index in [9.17, 15) is 4.79 Å². The van der Waals surface area contributed by atoms with Crippen LogP contribution in [0, 0.1) is 0 Å². The summed E-state index contributed by atoms with van der Waals surface area (Å²) < 4.78 is 5.72. The number of halogens is 1. The highest BCUT2D eigenvalue weighted by Crippen LogP contribution is 2.33. The predicted molar refractivity (Wildman–Crippen MR) is 95.3 cm³/mol. The van der Waals surface area contributed by atoms with Gasteiger partial charge in [0.15, 0.2) is 5.76 Å². The normalized spacial score (nSPS) is 16.4. The molecule has 1 aromatic carbocycles. The molecule has 1 aliphatic rings. The van der Waals surface area contributed by atoms with Crippen molar-refractivity contribution in [2.75, 3.05) is 13.1 Å². The van der Waals surface area contributed by atoms with Crippen molar-refractivity contribution in [3.8, 4) is 0 Å². The van der Waals surface area contributed by atoms with Crippen LogP contribution >= 0.6 is 11.6 Å². The Morgan fingerprint density at radius 1 is 1.29 bits per heavy atom. The third-order valence-electron chi connectivity index (χ3n) is 4.65. The van der Waals surface area contributed by atoms with E-state index in [1.165, 1.54) is 5.56 Å². The zero-order chi connectivity index (χ0) is 17.1. The standard InChI is InChI=1S/C19H23ClN2O2/c1-3-22(4-2)12-15-7-10-18(24-15)19(23)21-17-9-5-13-11-14(20)6-8-16(13)17/h6-8,10-11,17H,3-5,9,12H2,1-2H3,(H,21,23)/t17-/m1/s1. The molecule has 1 N–H and O–H groups in total. The number of hydrogen-bond donors (Lipinski definition) is 1. The lowest BCUT2D eigenvalue weighted by Gasteiger charge is -2.16. The fraction of sp³-hybridized carbons (Fsp3) is 0.421. The van der Waals surface area contributed by atoms with E-state index in [0.29, 0.717) is 5.76 Å². The Morgan fingerprint density at radius 2 is 2.08 bits per heavy atom. The largest absolute Gasteiger partial charge is 0.455 e. The molecule has 1 aliphatic carbocycles. The molecule has 1 aromatic heterocycles. The van der Waals surface area contributed by atoms with Crippen LogP contribution in [-0.2, 0) is 13.0 Å². The Bertz CT molecular complexity index is 722. The maximum Gasteiger partial charge on any atom is 0.287 e. The molecule has 2 aromatic rings. The summed E-state index contributed by atoms with van der Waals surface area (Å²) in [7, 11) is 0. The summed E-state index contributed by atoms with van der Waals surface area (Å²) in [6, 6.07) is 9.53. The maximum atomic E-state index is 12.5. The number of aryl methyl sites for hydroxylation is 1. The SMILES string of the molecule is CCN(CC)Cc1ccc(C(=O)N[C@@H]2CCc3cc(Cl)ccc32)o1.